The van der Waals surface area contributed by atoms with Crippen molar-refractivity contribution >= 4 is 23.7 Å². The molecule has 0 saturated carbocycles. The van der Waals surface area contributed by atoms with Crippen LogP contribution in [0.3, 0.4) is 0 Å². The number of rotatable bonds is 6. The summed E-state index contributed by atoms with van der Waals surface area (Å²) in [6.07, 6.45) is 3.99. The van der Waals surface area contributed by atoms with Gasteiger partial charge >= 0.3 is 6.09 Å². The Morgan fingerprint density at radius 3 is 1.77 bits per heavy atom. The molecule has 186 valence electrons. The molecule has 1 aromatic carbocycles. The summed E-state index contributed by atoms with van der Waals surface area (Å²) in [6.45, 7) is 2.82. The van der Waals surface area contributed by atoms with Crippen molar-refractivity contribution in [1.29, 1.82) is 0 Å². The number of carbonyl (C=O) groups is 1. The van der Waals surface area contributed by atoms with Crippen LogP contribution in [-0.4, -0.2) is 95.0 Å². The van der Waals surface area contributed by atoms with Crippen LogP contribution >= 0.6 is 0 Å². The Morgan fingerprint density at radius 1 is 0.857 bits per heavy atom. The summed E-state index contributed by atoms with van der Waals surface area (Å²) in [7, 11) is 0. The monoisotopic (exact) mass is 482 g/mol. The Balaban J connectivity index is 1.33. The number of aliphatic hydroxyl groups excluding tert-OH is 1. The second-order valence-corrected chi connectivity index (χ2v) is 9.69. The zero-order valence-corrected chi connectivity index (χ0v) is 19.5. The van der Waals surface area contributed by atoms with Gasteiger partial charge in [-0.3, -0.25) is 4.90 Å². The molecule has 0 aliphatic carbocycles. The number of nitrogens with zero attached hydrogens (tertiary/aromatic N) is 6. The number of aliphatic hydroxyl groups is 1. The normalized spacial score (nSPS) is 27.3. The number of hydrogen-bond donors (Lipinski definition) is 2. The van der Waals surface area contributed by atoms with Gasteiger partial charge in [0, 0.05) is 37.4 Å². The highest BCUT2D eigenvalue weighted by Gasteiger charge is 2.37. The van der Waals surface area contributed by atoms with E-state index < -0.39 is 6.09 Å². The smallest absolute Gasteiger partial charge is 0.411 e. The standard InChI is InChI=1S/C24H30N6O5/c31-10-9-30(24(32)33)16-3-1-15(2-4-16)21-25-22(28-11-17-5-6-18(12-28)34-17)27-23(26-21)29-13-19-7-8-20(14-29)35-19/h1-4,17-20,31H,5-14H2,(H,32,33). The Kier molecular flexibility index (Phi) is 5.91. The van der Waals surface area contributed by atoms with Crippen molar-refractivity contribution < 1.29 is 24.5 Å². The van der Waals surface area contributed by atoms with Crippen molar-refractivity contribution in [3.63, 3.8) is 0 Å². The number of carboxylic acid groups (broad SMARTS) is 1. The summed E-state index contributed by atoms with van der Waals surface area (Å²) in [5.74, 6) is 1.86. The third-order valence-electron chi connectivity index (χ3n) is 7.26. The van der Waals surface area contributed by atoms with Crippen LogP contribution in [0.4, 0.5) is 22.4 Å². The van der Waals surface area contributed by atoms with Gasteiger partial charge in [-0.15, -0.1) is 0 Å². The molecule has 1 amide bonds. The Labute approximate surface area is 203 Å². The van der Waals surface area contributed by atoms with Crippen LogP contribution in [0.5, 0.6) is 0 Å². The van der Waals surface area contributed by atoms with Gasteiger partial charge in [0.15, 0.2) is 5.82 Å². The Morgan fingerprint density at radius 2 is 1.34 bits per heavy atom. The molecule has 5 heterocycles. The summed E-state index contributed by atoms with van der Waals surface area (Å²) < 4.78 is 12.0. The van der Waals surface area contributed by atoms with Gasteiger partial charge in [0.05, 0.1) is 37.6 Å². The predicted octanol–water partition coefficient (Wildman–Crippen LogP) is 1.75. The van der Waals surface area contributed by atoms with Crippen LogP contribution in [0.2, 0.25) is 0 Å². The highest BCUT2D eigenvalue weighted by Crippen LogP contribution is 2.32. The van der Waals surface area contributed by atoms with E-state index in [0.717, 1.165) is 62.3 Å². The van der Waals surface area contributed by atoms with Gasteiger partial charge in [-0.05, 0) is 49.9 Å². The van der Waals surface area contributed by atoms with Crippen LogP contribution < -0.4 is 14.7 Å². The van der Waals surface area contributed by atoms with Crippen LogP contribution in [0.1, 0.15) is 25.7 Å². The van der Waals surface area contributed by atoms with E-state index in [9.17, 15) is 15.0 Å². The molecule has 4 atom stereocenters. The average molecular weight is 483 g/mol. The first kappa shape index (κ1) is 22.4. The van der Waals surface area contributed by atoms with E-state index >= 15 is 0 Å². The lowest BCUT2D eigenvalue weighted by atomic mass is 10.2. The molecule has 6 rings (SSSR count). The number of benzene rings is 1. The number of ether oxygens (including phenoxy) is 2. The second-order valence-electron chi connectivity index (χ2n) is 9.69. The number of aromatic nitrogens is 3. The topological polar surface area (TPSA) is 124 Å². The molecule has 2 aromatic rings. The van der Waals surface area contributed by atoms with Crippen molar-refractivity contribution in [2.45, 2.75) is 50.1 Å². The molecule has 4 aliphatic heterocycles. The van der Waals surface area contributed by atoms with Crippen molar-refractivity contribution in [1.82, 2.24) is 15.0 Å². The molecule has 4 unspecified atom stereocenters. The van der Waals surface area contributed by atoms with Crippen LogP contribution in [-0.2, 0) is 9.47 Å². The lowest BCUT2D eigenvalue weighted by Crippen LogP contribution is -2.45. The van der Waals surface area contributed by atoms with Crippen molar-refractivity contribution in [2.24, 2.45) is 0 Å². The molecule has 11 nitrogen and oxygen atoms in total. The molecule has 1 aromatic heterocycles. The summed E-state index contributed by atoms with van der Waals surface area (Å²) in [5, 5.41) is 18.7. The van der Waals surface area contributed by atoms with E-state index in [-0.39, 0.29) is 37.6 Å². The zero-order valence-electron chi connectivity index (χ0n) is 19.5. The first-order valence-electron chi connectivity index (χ1n) is 12.3. The quantitative estimate of drug-likeness (QED) is 0.629. The van der Waals surface area contributed by atoms with Crippen molar-refractivity contribution in [2.75, 3.05) is 54.0 Å². The minimum Gasteiger partial charge on any atom is -0.465 e. The van der Waals surface area contributed by atoms with E-state index in [1.54, 1.807) is 12.1 Å². The van der Waals surface area contributed by atoms with Crippen molar-refractivity contribution in [3.8, 4) is 11.4 Å². The summed E-state index contributed by atoms with van der Waals surface area (Å²) in [4.78, 5) is 31.6. The number of morpholine rings is 2. The average Bonchev–Trinajstić information content (AvgIpc) is 3.40. The van der Waals surface area contributed by atoms with Gasteiger partial charge in [0.1, 0.15) is 0 Å². The highest BCUT2D eigenvalue weighted by atomic mass is 16.5. The fourth-order valence-electron chi connectivity index (χ4n) is 5.55. The fraction of sp³-hybridized carbons (Fsp3) is 0.583. The maximum absolute atomic E-state index is 11.6. The first-order valence-corrected chi connectivity index (χ1v) is 12.3. The third-order valence-corrected chi connectivity index (χ3v) is 7.26. The molecule has 11 heteroatoms. The summed E-state index contributed by atoms with van der Waals surface area (Å²) in [5.41, 5.74) is 1.26. The van der Waals surface area contributed by atoms with E-state index in [1.165, 1.54) is 0 Å². The van der Waals surface area contributed by atoms with Gasteiger partial charge in [-0.2, -0.15) is 15.0 Å². The molecule has 35 heavy (non-hydrogen) atoms. The summed E-state index contributed by atoms with van der Waals surface area (Å²) >= 11 is 0. The molecule has 4 aliphatic rings. The molecule has 2 N–H and O–H groups in total. The Bertz CT molecular complexity index is 1010. The Hall–Kier alpha value is -3.02. The molecule has 0 spiro atoms. The molecular formula is C24H30N6O5. The van der Waals surface area contributed by atoms with Crippen LogP contribution in [0, 0.1) is 0 Å². The predicted molar refractivity (Wildman–Crippen MR) is 128 cm³/mol. The van der Waals surface area contributed by atoms with Gasteiger partial charge in [-0.25, -0.2) is 4.79 Å². The zero-order chi connectivity index (χ0) is 23.9. The summed E-state index contributed by atoms with van der Waals surface area (Å²) in [6, 6.07) is 7.06. The third kappa shape index (κ3) is 4.51. The number of amides is 1. The number of fused-ring (bicyclic) bond motifs is 4. The molecule has 0 radical (unpaired) electrons. The first-order chi connectivity index (χ1) is 17.1. The van der Waals surface area contributed by atoms with E-state index in [2.05, 4.69) is 9.80 Å². The van der Waals surface area contributed by atoms with Gasteiger partial charge < -0.3 is 29.5 Å². The lowest BCUT2D eigenvalue weighted by Gasteiger charge is -2.34. The lowest BCUT2D eigenvalue weighted by molar-refractivity contribution is 0.0293. The van der Waals surface area contributed by atoms with E-state index in [0.29, 0.717) is 23.4 Å². The number of anilines is 3. The second kappa shape index (κ2) is 9.21. The van der Waals surface area contributed by atoms with Crippen LogP contribution in [0.25, 0.3) is 11.4 Å². The van der Waals surface area contributed by atoms with E-state index in [4.69, 9.17) is 24.4 Å². The van der Waals surface area contributed by atoms with Crippen LogP contribution in [0.15, 0.2) is 24.3 Å². The molecular weight excluding hydrogens is 452 g/mol. The van der Waals surface area contributed by atoms with Crippen molar-refractivity contribution in [3.05, 3.63) is 24.3 Å². The van der Waals surface area contributed by atoms with Gasteiger partial charge in [-0.1, -0.05) is 0 Å². The minimum atomic E-state index is -1.11. The number of hydrogen-bond acceptors (Lipinski definition) is 9. The SMILES string of the molecule is O=C(O)N(CCO)c1ccc(-c2nc(N3CC4CCC(C3)O4)nc(N3CC4CCC(C3)O4)n2)cc1. The maximum Gasteiger partial charge on any atom is 0.411 e. The molecule has 4 saturated heterocycles. The fourth-order valence-corrected chi connectivity index (χ4v) is 5.55. The molecule has 4 fully saturated rings. The van der Waals surface area contributed by atoms with Gasteiger partial charge in [0.25, 0.3) is 0 Å². The molecule has 4 bridgehead atoms. The largest absolute Gasteiger partial charge is 0.465 e. The minimum absolute atomic E-state index is 0.00740. The maximum atomic E-state index is 11.6. The van der Waals surface area contributed by atoms with E-state index in [1.807, 2.05) is 12.1 Å². The highest BCUT2D eigenvalue weighted by molar-refractivity contribution is 5.86. The van der Waals surface area contributed by atoms with Gasteiger partial charge in [0.2, 0.25) is 11.9 Å².